The van der Waals surface area contributed by atoms with Crippen molar-refractivity contribution in [3.8, 4) is 11.5 Å². The molecule has 1 amide bonds. The summed E-state index contributed by atoms with van der Waals surface area (Å²) in [4.78, 5) is 14.2. The van der Waals surface area contributed by atoms with E-state index in [9.17, 15) is 4.79 Å². The minimum Gasteiger partial charge on any atom is -0.454 e. The fraction of sp³-hybridized carbons (Fsp3) is 0.611. The molecule has 136 valence electrons. The van der Waals surface area contributed by atoms with Gasteiger partial charge in [-0.1, -0.05) is 6.07 Å². The number of hydrogen-bond acceptors (Lipinski definition) is 6. The van der Waals surface area contributed by atoms with Crippen molar-refractivity contribution in [1.82, 2.24) is 10.2 Å². The molecule has 0 radical (unpaired) electrons. The molecule has 1 aromatic carbocycles. The Morgan fingerprint density at radius 3 is 3.16 bits per heavy atom. The van der Waals surface area contributed by atoms with Gasteiger partial charge in [-0.05, 0) is 17.7 Å². The summed E-state index contributed by atoms with van der Waals surface area (Å²) in [5, 5.41) is 3.00. The Labute approximate surface area is 147 Å². The van der Waals surface area contributed by atoms with E-state index in [0.29, 0.717) is 25.9 Å². The van der Waals surface area contributed by atoms with Gasteiger partial charge in [0.15, 0.2) is 11.5 Å². The molecular formula is C18H24N2O5. The van der Waals surface area contributed by atoms with Crippen molar-refractivity contribution in [1.29, 1.82) is 0 Å². The summed E-state index contributed by atoms with van der Waals surface area (Å²) in [6.07, 6.45) is 0. The van der Waals surface area contributed by atoms with Gasteiger partial charge in [0.1, 0.15) is 6.61 Å². The first kappa shape index (κ1) is 16.6. The molecule has 2 fully saturated rings. The number of nitrogens with zero attached hydrogens (tertiary/aromatic N) is 1. The number of fused-ring (bicyclic) bond motifs is 2. The summed E-state index contributed by atoms with van der Waals surface area (Å²) in [5.41, 5.74) is 1.21. The fourth-order valence-electron chi connectivity index (χ4n) is 4.07. The second-order valence-electron chi connectivity index (χ2n) is 7.14. The third kappa shape index (κ3) is 3.31. The van der Waals surface area contributed by atoms with Gasteiger partial charge in [0.2, 0.25) is 12.7 Å². The lowest BCUT2D eigenvalue weighted by atomic mass is 9.81. The zero-order valence-electron chi connectivity index (χ0n) is 14.5. The van der Waals surface area contributed by atoms with Crippen LogP contribution in [0.3, 0.4) is 0 Å². The Bertz CT molecular complexity index is 652. The highest BCUT2D eigenvalue weighted by Crippen LogP contribution is 2.41. The summed E-state index contributed by atoms with van der Waals surface area (Å²) in [6.45, 7) is 5.25. The van der Waals surface area contributed by atoms with Crippen LogP contribution in [0, 0.1) is 11.3 Å². The number of hydrogen-bond donors (Lipinski definition) is 1. The van der Waals surface area contributed by atoms with Crippen LogP contribution in [-0.2, 0) is 20.8 Å². The molecule has 25 heavy (non-hydrogen) atoms. The maximum atomic E-state index is 11.7. The van der Waals surface area contributed by atoms with Crippen LogP contribution in [-0.4, -0.2) is 64.2 Å². The molecule has 0 aliphatic carbocycles. The largest absolute Gasteiger partial charge is 0.454 e. The zero-order chi connectivity index (χ0) is 17.3. The molecule has 1 aromatic rings. The standard InChI is InChI=1S/C18H24N2O5/c1-22-8-17(21)19-9-18-10-20(6-14(18)7-23-11-18)5-13-2-3-15-16(4-13)25-12-24-15/h2-4,14H,5-12H2,1H3,(H,19,21)/t14-,18+/m0/s1. The highest BCUT2D eigenvalue weighted by molar-refractivity contribution is 5.77. The molecule has 0 aromatic heterocycles. The second-order valence-corrected chi connectivity index (χ2v) is 7.14. The van der Waals surface area contributed by atoms with Gasteiger partial charge in [0.05, 0.1) is 13.2 Å². The van der Waals surface area contributed by atoms with Crippen molar-refractivity contribution >= 4 is 5.91 Å². The molecular weight excluding hydrogens is 324 g/mol. The molecule has 0 bridgehead atoms. The minimum atomic E-state index is -0.0725. The van der Waals surface area contributed by atoms with Crippen molar-refractivity contribution in [3.63, 3.8) is 0 Å². The molecule has 2 atom stereocenters. The van der Waals surface area contributed by atoms with E-state index in [4.69, 9.17) is 18.9 Å². The average molecular weight is 348 g/mol. The van der Waals surface area contributed by atoms with Crippen LogP contribution in [0.5, 0.6) is 11.5 Å². The van der Waals surface area contributed by atoms with Crippen molar-refractivity contribution in [2.75, 3.05) is 53.4 Å². The van der Waals surface area contributed by atoms with Gasteiger partial charge in [-0.3, -0.25) is 9.69 Å². The number of benzene rings is 1. The summed E-state index contributed by atoms with van der Waals surface area (Å²) in [5.74, 6) is 2.01. The molecule has 0 saturated carbocycles. The first-order chi connectivity index (χ1) is 12.2. The molecule has 7 nitrogen and oxygen atoms in total. The normalized spacial score (nSPS) is 27.5. The van der Waals surface area contributed by atoms with Gasteiger partial charge in [0.25, 0.3) is 0 Å². The molecule has 3 heterocycles. The Morgan fingerprint density at radius 2 is 2.28 bits per heavy atom. The number of amides is 1. The van der Waals surface area contributed by atoms with Crippen LogP contribution >= 0.6 is 0 Å². The number of ether oxygens (including phenoxy) is 4. The number of likely N-dealkylation sites (tertiary alicyclic amines) is 1. The van der Waals surface area contributed by atoms with Crippen molar-refractivity contribution in [2.24, 2.45) is 11.3 Å². The van der Waals surface area contributed by atoms with Gasteiger partial charge in [-0.2, -0.15) is 0 Å². The zero-order valence-corrected chi connectivity index (χ0v) is 14.5. The average Bonchev–Trinajstić information content (AvgIpc) is 3.26. The van der Waals surface area contributed by atoms with Crippen molar-refractivity contribution < 1.29 is 23.7 Å². The lowest BCUT2D eigenvalue weighted by Crippen LogP contribution is -2.44. The smallest absolute Gasteiger partial charge is 0.246 e. The van der Waals surface area contributed by atoms with E-state index in [-0.39, 0.29) is 17.9 Å². The van der Waals surface area contributed by atoms with Crippen molar-refractivity contribution in [3.05, 3.63) is 23.8 Å². The monoisotopic (exact) mass is 348 g/mol. The minimum absolute atomic E-state index is 0.000258. The van der Waals surface area contributed by atoms with E-state index in [1.54, 1.807) is 0 Å². The highest BCUT2D eigenvalue weighted by Gasteiger charge is 2.50. The van der Waals surface area contributed by atoms with Gasteiger partial charge >= 0.3 is 0 Å². The Morgan fingerprint density at radius 1 is 1.40 bits per heavy atom. The van der Waals surface area contributed by atoms with Crippen LogP contribution in [0.1, 0.15) is 5.56 Å². The molecule has 2 saturated heterocycles. The van der Waals surface area contributed by atoms with Gasteiger partial charge in [-0.15, -0.1) is 0 Å². The Hall–Kier alpha value is -1.83. The molecule has 0 spiro atoms. The van der Waals surface area contributed by atoms with Crippen LogP contribution < -0.4 is 14.8 Å². The lowest BCUT2D eigenvalue weighted by Gasteiger charge is -2.27. The Balaban J connectivity index is 1.39. The van der Waals surface area contributed by atoms with Crippen LogP contribution in [0.15, 0.2) is 18.2 Å². The molecule has 3 aliphatic rings. The maximum absolute atomic E-state index is 11.7. The van der Waals surface area contributed by atoms with E-state index in [1.165, 1.54) is 12.7 Å². The fourth-order valence-corrected chi connectivity index (χ4v) is 4.07. The highest BCUT2D eigenvalue weighted by atomic mass is 16.7. The molecule has 1 N–H and O–H groups in total. The number of methoxy groups -OCH3 is 1. The topological polar surface area (TPSA) is 69.3 Å². The summed E-state index contributed by atoms with van der Waals surface area (Å²) in [6, 6.07) is 6.11. The Kier molecular flexibility index (Phi) is 4.54. The molecule has 4 rings (SSSR count). The first-order valence-corrected chi connectivity index (χ1v) is 8.63. The van der Waals surface area contributed by atoms with Gasteiger partial charge < -0.3 is 24.3 Å². The summed E-state index contributed by atoms with van der Waals surface area (Å²) in [7, 11) is 1.53. The van der Waals surface area contributed by atoms with E-state index >= 15 is 0 Å². The number of carbonyl (C=O) groups excluding carboxylic acids is 1. The molecule has 0 unspecified atom stereocenters. The number of nitrogens with one attached hydrogen (secondary N) is 1. The summed E-state index contributed by atoms with van der Waals surface area (Å²) >= 11 is 0. The third-order valence-electron chi connectivity index (χ3n) is 5.35. The maximum Gasteiger partial charge on any atom is 0.246 e. The van der Waals surface area contributed by atoms with E-state index in [1.807, 2.05) is 6.07 Å². The predicted molar refractivity (Wildman–Crippen MR) is 89.5 cm³/mol. The molecule has 7 heteroatoms. The quantitative estimate of drug-likeness (QED) is 0.813. The third-order valence-corrected chi connectivity index (χ3v) is 5.35. The van der Waals surface area contributed by atoms with E-state index in [0.717, 1.165) is 37.7 Å². The summed E-state index contributed by atoms with van der Waals surface area (Å²) < 4.78 is 21.4. The van der Waals surface area contributed by atoms with Gasteiger partial charge in [-0.25, -0.2) is 0 Å². The SMILES string of the molecule is COCC(=O)NC[C@@]12COC[C@@H]1CN(Cc1ccc3c(c1)OCO3)C2. The predicted octanol–water partition coefficient (Wildman–Crippen LogP) is 0.626. The number of carbonyl (C=O) groups is 1. The van der Waals surface area contributed by atoms with Crippen LogP contribution in [0.2, 0.25) is 0 Å². The van der Waals surface area contributed by atoms with Gasteiger partial charge in [0, 0.05) is 44.6 Å². The lowest BCUT2D eigenvalue weighted by molar-refractivity contribution is -0.125. The van der Waals surface area contributed by atoms with Crippen LogP contribution in [0.25, 0.3) is 0 Å². The van der Waals surface area contributed by atoms with Crippen LogP contribution in [0.4, 0.5) is 0 Å². The second kappa shape index (κ2) is 6.82. The molecule has 3 aliphatic heterocycles. The van der Waals surface area contributed by atoms with E-state index in [2.05, 4.69) is 22.3 Å². The first-order valence-electron chi connectivity index (χ1n) is 8.63. The van der Waals surface area contributed by atoms with Crippen molar-refractivity contribution in [2.45, 2.75) is 6.54 Å². The number of rotatable bonds is 6. The van der Waals surface area contributed by atoms with E-state index < -0.39 is 0 Å².